The normalized spacial score (nSPS) is 24.8. The number of carbonyl (C=O) groups is 1. The van der Waals surface area contributed by atoms with Crippen LogP contribution in [0.25, 0.3) is 0 Å². The lowest BCUT2D eigenvalue weighted by Crippen LogP contribution is -2.43. The summed E-state index contributed by atoms with van der Waals surface area (Å²) in [6.45, 7) is 1.67. The summed E-state index contributed by atoms with van der Waals surface area (Å²) in [5.41, 5.74) is 2.47. The van der Waals surface area contributed by atoms with Gasteiger partial charge in [-0.05, 0) is 30.2 Å². The van der Waals surface area contributed by atoms with Crippen molar-refractivity contribution in [1.82, 2.24) is 9.88 Å². The van der Waals surface area contributed by atoms with Crippen LogP contribution in [0.15, 0.2) is 48.7 Å². The SMILES string of the molecule is CN(C)C(=O)C1CC2(CNc3ccccc32)CN1c1ccccn1. The fraction of sp³-hybridized carbons (Fsp3) is 0.368. The van der Waals surface area contributed by atoms with Crippen LogP contribution < -0.4 is 10.2 Å². The van der Waals surface area contributed by atoms with Gasteiger partial charge in [0.25, 0.3) is 0 Å². The van der Waals surface area contributed by atoms with Crippen molar-refractivity contribution in [1.29, 1.82) is 0 Å². The quantitative estimate of drug-likeness (QED) is 0.920. The molecule has 1 aromatic carbocycles. The number of fused-ring (bicyclic) bond motifs is 2. The first-order valence-corrected chi connectivity index (χ1v) is 8.33. The molecule has 5 nitrogen and oxygen atoms in total. The molecule has 0 bridgehead atoms. The maximum absolute atomic E-state index is 12.8. The Morgan fingerprint density at radius 3 is 2.79 bits per heavy atom. The van der Waals surface area contributed by atoms with E-state index in [2.05, 4.69) is 39.5 Å². The minimum Gasteiger partial charge on any atom is -0.384 e. The van der Waals surface area contributed by atoms with Crippen molar-refractivity contribution in [2.45, 2.75) is 17.9 Å². The molecule has 2 aliphatic heterocycles. The smallest absolute Gasteiger partial charge is 0.244 e. The molecule has 2 atom stereocenters. The summed E-state index contributed by atoms with van der Waals surface area (Å²) in [5.74, 6) is 1.01. The number of pyridine rings is 1. The maximum atomic E-state index is 12.8. The Kier molecular flexibility index (Phi) is 3.44. The third-order valence-corrected chi connectivity index (χ3v) is 5.22. The van der Waals surface area contributed by atoms with E-state index in [1.165, 1.54) is 11.3 Å². The Bertz CT molecular complexity index is 761. The minimum absolute atomic E-state index is 0.0373. The van der Waals surface area contributed by atoms with E-state index in [-0.39, 0.29) is 17.4 Å². The molecule has 1 amide bonds. The van der Waals surface area contributed by atoms with Crippen molar-refractivity contribution < 1.29 is 4.79 Å². The van der Waals surface area contributed by atoms with Gasteiger partial charge in [0.15, 0.2) is 0 Å². The summed E-state index contributed by atoms with van der Waals surface area (Å²) in [4.78, 5) is 21.2. The van der Waals surface area contributed by atoms with E-state index < -0.39 is 0 Å². The van der Waals surface area contributed by atoms with Crippen molar-refractivity contribution in [2.75, 3.05) is 37.4 Å². The topological polar surface area (TPSA) is 48.5 Å². The van der Waals surface area contributed by atoms with Gasteiger partial charge < -0.3 is 15.1 Å². The standard InChI is InChI=1S/C19H22N4O/c1-22(2)18(24)16-11-19(12-21-15-8-4-3-7-14(15)19)13-23(16)17-9-5-6-10-20-17/h3-10,16,21H,11-13H2,1-2H3. The van der Waals surface area contributed by atoms with E-state index in [9.17, 15) is 4.79 Å². The lowest BCUT2D eigenvalue weighted by atomic mass is 9.80. The van der Waals surface area contributed by atoms with Gasteiger partial charge in [0.1, 0.15) is 11.9 Å². The third kappa shape index (κ3) is 2.23. The van der Waals surface area contributed by atoms with Gasteiger partial charge in [-0.15, -0.1) is 0 Å². The third-order valence-electron chi connectivity index (χ3n) is 5.22. The zero-order valence-electron chi connectivity index (χ0n) is 14.1. The minimum atomic E-state index is -0.178. The highest BCUT2D eigenvalue weighted by Crippen LogP contribution is 2.46. The molecule has 3 heterocycles. The Morgan fingerprint density at radius 1 is 1.25 bits per heavy atom. The Labute approximate surface area is 142 Å². The zero-order valence-corrected chi connectivity index (χ0v) is 14.1. The number of hydrogen-bond donors (Lipinski definition) is 1. The van der Waals surface area contributed by atoms with E-state index in [4.69, 9.17) is 0 Å². The van der Waals surface area contributed by atoms with Gasteiger partial charge in [0, 0.05) is 44.5 Å². The van der Waals surface area contributed by atoms with Crippen LogP contribution in [-0.4, -0.2) is 49.0 Å². The number of para-hydroxylation sites is 1. The van der Waals surface area contributed by atoms with Crippen molar-refractivity contribution >= 4 is 17.4 Å². The molecule has 124 valence electrons. The number of rotatable bonds is 2. The number of anilines is 2. The number of nitrogens with one attached hydrogen (secondary N) is 1. The zero-order chi connectivity index (χ0) is 16.7. The molecule has 0 radical (unpaired) electrons. The number of hydrogen-bond acceptors (Lipinski definition) is 4. The molecule has 5 heteroatoms. The van der Waals surface area contributed by atoms with Gasteiger partial charge in [0.05, 0.1) is 0 Å². The number of aromatic nitrogens is 1. The lowest BCUT2D eigenvalue weighted by Gasteiger charge is -2.27. The Hall–Kier alpha value is -2.56. The highest BCUT2D eigenvalue weighted by molar-refractivity contribution is 5.86. The van der Waals surface area contributed by atoms with Crippen molar-refractivity contribution in [2.24, 2.45) is 0 Å². The molecule has 24 heavy (non-hydrogen) atoms. The van der Waals surface area contributed by atoms with Crippen LogP contribution in [0.4, 0.5) is 11.5 Å². The van der Waals surface area contributed by atoms with E-state index in [1.807, 2.05) is 32.3 Å². The summed E-state index contributed by atoms with van der Waals surface area (Å²) in [6, 6.07) is 14.1. The first kappa shape index (κ1) is 15.0. The van der Waals surface area contributed by atoms with Crippen LogP contribution >= 0.6 is 0 Å². The summed E-state index contributed by atoms with van der Waals surface area (Å²) in [7, 11) is 3.65. The largest absolute Gasteiger partial charge is 0.384 e. The van der Waals surface area contributed by atoms with Crippen LogP contribution in [0.2, 0.25) is 0 Å². The van der Waals surface area contributed by atoms with Gasteiger partial charge in [-0.2, -0.15) is 0 Å². The summed E-state index contributed by atoms with van der Waals surface area (Å²) in [6.07, 6.45) is 2.60. The molecule has 2 aliphatic rings. The second-order valence-electron chi connectivity index (χ2n) is 6.95. The Morgan fingerprint density at radius 2 is 2.04 bits per heavy atom. The van der Waals surface area contributed by atoms with Crippen LogP contribution in [0.5, 0.6) is 0 Å². The van der Waals surface area contributed by atoms with Gasteiger partial charge in [-0.1, -0.05) is 24.3 Å². The van der Waals surface area contributed by atoms with Crippen LogP contribution in [0.1, 0.15) is 12.0 Å². The molecule has 0 saturated carbocycles. The monoisotopic (exact) mass is 322 g/mol. The average Bonchev–Trinajstić information content (AvgIpc) is 3.18. The summed E-state index contributed by atoms with van der Waals surface area (Å²) >= 11 is 0. The second kappa shape index (κ2) is 5.51. The molecule has 1 saturated heterocycles. The number of likely N-dealkylation sites (N-methyl/N-ethyl adjacent to an activating group) is 1. The molecular weight excluding hydrogens is 300 g/mol. The molecular formula is C19H22N4O. The number of carbonyl (C=O) groups excluding carboxylic acids is 1. The highest BCUT2D eigenvalue weighted by Gasteiger charge is 2.51. The van der Waals surface area contributed by atoms with Gasteiger partial charge in [-0.25, -0.2) is 4.98 Å². The van der Waals surface area contributed by atoms with Gasteiger partial charge >= 0.3 is 0 Å². The van der Waals surface area contributed by atoms with Crippen LogP contribution in [0, 0.1) is 0 Å². The first-order chi connectivity index (χ1) is 11.6. The van der Waals surface area contributed by atoms with E-state index >= 15 is 0 Å². The van der Waals surface area contributed by atoms with Crippen LogP contribution in [0.3, 0.4) is 0 Å². The van der Waals surface area contributed by atoms with Crippen molar-refractivity contribution in [3.05, 3.63) is 54.2 Å². The van der Waals surface area contributed by atoms with E-state index in [0.29, 0.717) is 0 Å². The predicted molar refractivity (Wildman–Crippen MR) is 95.3 cm³/mol. The van der Waals surface area contributed by atoms with Crippen LogP contribution in [-0.2, 0) is 10.2 Å². The molecule has 2 unspecified atom stereocenters. The number of benzene rings is 1. The molecule has 0 aliphatic carbocycles. The molecule has 1 fully saturated rings. The highest BCUT2D eigenvalue weighted by atomic mass is 16.2. The first-order valence-electron chi connectivity index (χ1n) is 8.33. The molecule has 2 aromatic rings. The number of nitrogens with zero attached hydrogens (tertiary/aromatic N) is 3. The van der Waals surface area contributed by atoms with Crippen molar-refractivity contribution in [3.63, 3.8) is 0 Å². The Balaban J connectivity index is 1.75. The van der Waals surface area contributed by atoms with E-state index in [1.54, 1.807) is 11.1 Å². The van der Waals surface area contributed by atoms with Crippen molar-refractivity contribution in [3.8, 4) is 0 Å². The second-order valence-corrected chi connectivity index (χ2v) is 6.95. The molecule has 1 spiro atoms. The fourth-order valence-corrected chi connectivity index (χ4v) is 4.05. The predicted octanol–water partition coefficient (Wildman–Crippen LogP) is 2.11. The molecule has 4 rings (SSSR count). The number of amides is 1. The summed E-state index contributed by atoms with van der Waals surface area (Å²) in [5, 5.41) is 3.52. The van der Waals surface area contributed by atoms with E-state index in [0.717, 1.165) is 25.3 Å². The fourth-order valence-electron chi connectivity index (χ4n) is 4.05. The lowest BCUT2D eigenvalue weighted by molar-refractivity contribution is -0.130. The summed E-state index contributed by atoms with van der Waals surface area (Å²) < 4.78 is 0. The van der Waals surface area contributed by atoms with Gasteiger partial charge in [0.2, 0.25) is 5.91 Å². The van der Waals surface area contributed by atoms with Gasteiger partial charge in [-0.3, -0.25) is 4.79 Å². The molecule has 1 aromatic heterocycles. The maximum Gasteiger partial charge on any atom is 0.244 e. The average molecular weight is 322 g/mol. The molecule has 1 N–H and O–H groups in total.